The Labute approximate surface area is 181 Å². The predicted molar refractivity (Wildman–Crippen MR) is 118 cm³/mol. The second-order valence-electron chi connectivity index (χ2n) is 6.38. The van der Waals surface area contributed by atoms with Crippen LogP contribution in [0.3, 0.4) is 0 Å². The Morgan fingerprint density at radius 2 is 1.69 bits per heavy atom. The van der Waals surface area contributed by atoms with Crippen molar-refractivity contribution in [2.75, 3.05) is 17.6 Å². The van der Waals surface area contributed by atoms with Gasteiger partial charge >= 0.3 is 0 Å². The molecule has 0 saturated carbocycles. The van der Waals surface area contributed by atoms with Crippen LogP contribution < -0.4 is 5.32 Å². The summed E-state index contributed by atoms with van der Waals surface area (Å²) in [7, 11) is -3.41. The number of anilines is 1. The van der Waals surface area contributed by atoms with Crippen LogP contribution in [0.25, 0.3) is 0 Å². The van der Waals surface area contributed by atoms with Crippen LogP contribution in [0.15, 0.2) is 91.1 Å². The number of halogens is 1. The number of nitrogens with one attached hydrogen (secondary N) is 1. The van der Waals surface area contributed by atoms with Gasteiger partial charge in [-0.15, -0.1) is 4.40 Å². The Hall–Kier alpha value is -2.36. The molecule has 0 bridgehead atoms. The average molecular weight is 490 g/mol. The van der Waals surface area contributed by atoms with E-state index in [4.69, 9.17) is 0 Å². The molecular formula is C20H16BrN3O3S2. The van der Waals surface area contributed by atoms with Gasteiger partial charge in [0.05, 0.1) is 11.3 Å². The summed E-state index contributed by atoms with van der Waals surface area (Å²) >= 11 is 5.06. The highest BCUT2D eigenvalue weighted by Gasteiger charge is 2.25. The minimum Gasteiger partial charge on any atom is -0.330 e. The SMILES string of the molecule is O=C(Nc1ccc(Sc2ccc(Br)cc2)cc1)C1=CN2CCS(=O)(=O)N=C2C=C1. The Balaban J connectivity index is 1.41. The van der Waals surface area contributed by atoms with Gasteiger partial charge in [-0.25, -0.2) is 8.42 Å². The van der Waals surface area contributed by atoms with E-state index < -0.39 is 10.0 Å². The first-order valence-electron chi connectivity index (χ1n) is 8.72. The van der Waals surface area contributed by atoms with E-state index in [0.29, 0.717) is 17.1 Å². The maximum absolute atomic E-state index is 12.6. The lowest BCUT2D eigenvalue weighted by molar-refractivity contribution is -0.112. The van der Waals surface area contributed by atoms with E-state index in [1.165, 1.54) is 0 Å². The molecule has 2 heterocycles. The number of amides is 1. The largest absolute Gasteiger partial charge is 0.330 e. The smallest absolute Gasteiger partial charge is 0.257 e. The number of hydrogen-bond acceptors (Lipinski definition) is 5. The standard InChI is InChI=1S/C20H16BrN3O3S2/c21-15-2-6-17(7-3-15)28-18-8-4-16(5-9-18)22-20(25)14-1-10-19-23-29(26,27)12-11-24(19)13-14/h1-10,13H,11-12H2,(H,22,25). The van der Waals surface area contributed by atoms with Gasteiger partial charge in [-0.1, -0.05) is 27.7 Å². The number of fused-ring (bicyclic) bond motifs is 1. The zero-order valence-corrected chi connectivity index (χ0v) is 18.3. The molecule has 0 saturated heterocycles. The second-order valence-corrected chi connectivity index (χ2v) is 10.2. The molecule has 148 valence electrons. The molecule has 0 aromatic heterocycles. The summed E-state index contributed by atoms with van der Waals surface area (Å²) in [6, 6.07) is 15.7. The summed E-state index contributed by atoms with van der Waals surface area (Å²) in [5.74, 6) is 0.0110. The zero-order valence-electron chi connectivity index (χ0n) is 15.1. The van der Waals surface area contributed by atoms with Crippen LogP contribution in [0.1, 0.15) is 0 Å². The number of carbonyl (C=O) groups excluding carboxylic acids is 1. The van der Waals surface area contributed by atoms with E-state index in [0.717, 1.165) is 14.3 Å². The molecule has 9 heteroatoms. The average Bonchev–Trinajstić information content (AvgIpc) is 2.70. The summed E-state index contributed by atoms with van der Waals surface area (Å²) in [5.41, 5.74) is 1.13. The predicted octanol–water partition coefficient (Wildman–Crippen LogP) is 4.04. The molecule has 0 fully saturated rings. The van der Waals surface area contributed by atoms with Crippen molar-refractivity contribution in [3.05, 3.63) is 76.9 Å². The summed E-state index contributed by atoms with van der Waals surface area (Å²) in [6.45, 7) is 0.282. The lowest BCUT2D eigenvalue weighted by Gasteiger charge is -2.26. The molecule has 4 rings (SSSR count). The minimum absolute atomic E-state index is 0.0623. The van der Waals surface area contributed by atoms with E-state index >= 15 is 0 Å². The zero-order chi connectivity index (χ0) is 20.4. The van der Waals surface area contributed by atoms with Crippen molar-refractivity contribution >= 4 is 55.1 Å². The van der Waals surface area contributed by atoms with Crippen LogP contribution in [0, 0.1) is 0 Å². The Morgan fingerprint density at radius 1 is 1.03 bits per heavy atom. The molecule has 2 aromatic rings. The lowest BCUT2D eigenvalue weighted by atomic mass is 10.1. The summed E-state index contributed by atoms with van der Waals surface area (Å²) in [4.78, 5) is 16.4. The molecule has 0 radical (unpaired) electrons. The topological polar surface area (TPSA) is 78.8 Å². The number of sulfonamides is 1. The van der Waals surface area contributed by atoms with E-state index in [1.54, 1.807) is 35.0 Å². The number of rotatable bonds is 4. The molecule has 6 nitrogen and oxygen atoms in total. The fourth-order valence-corrected chi connectivity index (χ4v) is 4.83. The van der Waals surface area contributed by atoms with Gasteiger partial charge in [-0.2, -0.15) is 0 Å². The Kier molecular flexibility index (Phi) is 5.62. The van der Waals surface area contributed by atoms with Crippen LogP contribution in [-0.4, -0.2) is 37.4 Å². The molecular weight excluding hydrogens is 474 g/mol. The highest BCUT2D eigenvalue weighted by Crippen LogP contribution is 2.29. The van der Waals surface area contributed by atoms with Crippen molar-refractivity contribution in [1.29, 1.82) is 0 Å². The first-order valence-corrected chi connectivity index (χ1v) is 11.9. The monoisotopic (exact) mass is 489 g/mol. The fourth-order valence-electron chi connectivity index (χ4n) is 2.78. The van der Waals surface area contributed by atoms with E-state index in [1.807, 2.05) is 48.5 Å². The number of benzene rings is 2. The van der Waals surface area contributed by atoms with Crippen LogP contribution >= 0.6 is 27.7 Å². The molecule has 2 aromatic carbocycles. The number of amidine groups is 1. The molecule has 0 unspecified atom stereocenters. The van der Waals surface area contributed by atoms with Gasteiger partial charge in [0.15, 0.2) is 0 Å². The highest BCUT2D eigenvalue weighted by molar-refractivity contribution is 9.10. The quantitative estimate of drug-likeness (QED) is 0.700. The Bertz CT molecular complexity index is 1140. The molecule has 0 spiro atoms. The second kappa shape index (κ2) is 8.17. The first-order chi connectivity index (χ1) is 13.9. The van der Waals surface area contributed by atoms with Crippen molar-refractivity contribution in [2.45, 2.75) is 9.79 Å². The molecule has 29 heavy (non-hydrogen) atoms. The van der Waals surface area contributed by atoms with Gasteiger partial charge in [-0.05, 0) is 60.7 Å². The fraction of sp³-hybridized carbons (Fsp3) is 0.100. The third-order valence-electron chi connectivity index (χ3n) is 4.25. The lowest BCUT2D eigenvalue weighted by Crippen LogP contribution is -2.37. The van der Waals surface area contributed by atoms with Crippen LogP contribution in [0.4, 0.5) is 5.69 Å². The molecule has 2 aliphatic rings. The summed E-state index contributed by atoms with van der Waals surface area (Å²) < 4.78 is 27.9. The van der Waals surface area contributed by atoms with Gasteiger partial charge in [0.1, 0.15) is 5.84 Å². The number of nitrogens with zero attached hydrogens (tertiary/aromatic N) is 2. The van der Waals surface area contributed by atoms with Crippen LogP contribution in [0.2, 0.25) is 0 Å². The van der Waals surface area contributed by atoms with E-state index in [-0.39, 0.29) is 18.2 Å². The summed E-state index contributed by atoms with van der Waals surface area (Å²) in [5, 5.41) is 2.86. The van der Waals surface area contributed by atoms with Gasteiger partial charge in [0.25, 0.3) is 15.9 Å². The van der Waals surface area contributed by atoms with Crippen molar-refractivity contribution in [3.8, 4) is 0 Å². The first kappa shape index (κ1) is 19.9. The molecule has 0 atom stereocenters. The maximum Gasteiger partial charge on any atom is 0.257 e. The van der Waals surface area contributed by atoms with Crippen LogP contribution in [-0.2, 0) is 14.8 Å². The van der Waals surface area contributed by atoms with Gasteiger partial charge in [0.2, 0.25) is 0 Å². The number of hydrogen-bond donors (Lipinski definition) is 1. The number of carbonyl (C=O) groups is 1. The van der Waals surface area contributed by atoms with Crippen molar-refractivity contribution in [1.82, 2.24) is 4.90 Å². The van der Waals surface area contributed by atoms with Crippen LogP contribution in [0.5, 0.6) is 0 Å². The molecule has 2 aliphatic heterocycles. The normalized spacial score (nSPS) is 17.2. The highest BCUT2D eigenvalue weighted by atomic mass is 79.9. The van der Waals surface area contributed by atoms with Gasteiger partial charge in [-0.3, -0.25) is 4.79 Å². The van der Waals surface area contributed by atoms with Crippen molar-refractivity contribution in [3.63, 3.8) is 0 Å². The van der Waals surface area contributed by atoms with E-state index in [9.17, 15) is 13.2 Å². The minimum atomic E-state index is -3.41. The molecule has 0 aliphatic carbocycles. The third kappa shape index (κ3) is 4.98. The third-order valence-corrected chi connectivity index (χ3v) is 6.96. The van der Waals surface area contributed by atoms with E-state index in [2.05, 4.69) is 25.6 Å². The molecule has 1 amide bonds. The summed E-state index contributed by atoms with van der Waals surface area (Å²) in [6.07, 6.45) is 4.74. The maximum atomic E-state index is 12.6. The van der Waals surface area contributed by atoms with Gasteiger partial charge in [0, 0.05) is 32.7 Å². The Morgan fingerprint density at radius 3 is 2.38 bits per heavy atom. The van der Waals surface area contributed by atoms with Crippen molar-refractivity contribution < 1.29 is 13.2 Å². The van der Waals surface area contributed by atoms with Gasteiger partial charge < -0.3 is 10.2 Å². The van der Waals surface area contributed by atoms with Crippen molar-refractivity contribution in [2.24, 2.45) is 4.40 Å². The molecule has 1 N–H and O–H groups in total.